The predicted octanol–water partition coefficient (Wildman–Crippen LogP) is 3.41. The van der Waals surface area contributed by atoms with Crippen molar-refractivity contribution in [3.63, 3.8) is 0 Å². The first-order valence-corrected chi connectivity index (χ1v) is 11.1. The first kappa shape index (κ1) is 19.8. The number of carbonyl (C=O) groups excluding carboxylic acids is 1. The average molecular weight is 418 g/mol. The molecule has 8 heteroatoms. The van der Waals surface area contributed by atoms with Gasteiger partial charge in [0, 0.05) is 30.4 Å². The van der Waals surface area contributed by atoms with Crippen LogP contribution in [0.3, 0.4) is 0 Å². The van der Waals surface area contributed by atoms with E-state index in [1.807, 2.05) is 4.90 Å². The maximum atomic E-state index is 13.9. The Labute approximate surface area is 169 Å². The van der Waals surface area contributed by atoms with Gasteiger partial charge in [-0.25, -0.2) is 12.8 Å². The third kappa shape index (κ3) is 3.86. The molecule has 0 saturated carbocycles. The lowest BCUT2D eigenvalue weighted by Gasteiger charge is -2.38. The molecule has 0 aromatic heterocycles. The monoisotopic (exact) mass is 418 g/mol. The Morgan fingerprint density at radius 1 is 1.10 bits per heavy atom. The van der Waals surface area contributed by atoms with Gasteiger partial charge in [0.05, 0.1) is 6.10 Å². The summed E-state index contributed by atoms with van der Waals surface area (Å²) in [6.07, 6.45) is 3.72. The summed E-state index contributed by atoms with van der Waals surface area (Å²) in [5, 5.41) is 0. The van der Waals surface area contributed by atoms with Crippen molar-refractivity contribution in [1.29, 1.82) is 0 Å². The number of amides is 1. The molecule has 1 amide bonds. The molecule has 2 fully saturated rings. The van der Waals surface area contributed by atoms with Crippen LogP contribution < -0.4 is 4.72 Å². The quantitative estimate of drug-likeness (QED) is 0.808. The average Bonchev–Trinajstić information content (AvgIpc) is 2.96. The molecule has 2 aromatic rings. The normalized spacial score (nSPS) is 23.8. The summed E-state index contributed by atoms with van der Waals surface area (Å²) in [4.78, 5) is 14.6. The Morgan fingerprint density at radius 3 is 2.45 bits per heavy atom. The molecule has 2 aliphatic rings. The Morgan fingerprint density at radius 2 is 1.79 bits per heavy atom. The lowest BCUT2D eigenvalue weighted by atomic mass is 9.98. The SMILES string of the molecule is COC1CC2CCC(C1)N2C(=O)c1cccc(NS(=O)(=O)c2ccccc2F)c1. The second kappa shape index (κ2) is 7.76. The van der Waals surface area contributed by atoms with Crippen LogP contribution in [0, 0.1) is 5.82 Å². The lowest BCUT2D eigenvalue weighted by Crippen LogP contribution is -2.48. The van der Waals surface area contributed by atoms with Gasteiger partial charge in [0.1, 0.15) is 10.7 Å². The number of methoxy groups -OCH3 is 1. The highest BCUT2D eigenvalue weighted by Gasteiger charge is 2.43. The van der Waals surface area contributed by atoms with E-state index < -0.39 is 20.7 Å². The van der Waals surface area contributed by atoms with Crippen LogP contribution in [-0.2, 0) is 14.8 Å². The Balaban J connectivity index is 1.55. The van der Waals surface area contributed by atoms with Crippen molar-refractivity contribution in [3.05, 3.63) is 59.9 Å². The number of nitrogens with one attached hydrogen (secondary N) is 1. The number of carbonyl (C=O) groups is 1. The first-order valence-electron chi connectivity index (χ1n) is 9.62. The van der Waals surface area contributed by atoms with Crippen molar-refractivity contribution in [2.24, 2.45) is 0 Å². The van der Waals surface area contributed by atoms with Gasteiger partial charge in [-0.2, -0.15) is 0 Å². The number of hydrogen-bond donors (Lipinski definition) is 1. The second-order valence-electron chi connectivity index (χ2n) is 7.54. The topological polar surface area (TPSA) is 75.7 Å². The van der Waals surface area contributed by atoms with Gasteiger partial charge in [0.15, 0.2) is 0 Å². The fourth-order valence-corrected chi connectivity index (χ4v) is 5.52. The van der Waals surface area contributed by atoms with E-state index in [0.717, 1.165) is 31.7 Å². The zero-order chi connectivity index (χ0) is 20.6. The molecular formula is C21H23FN2O4S. The molecule has 2 aromatic carbocycles. The maximum Gasteiger partial charge on any atom is 0.264 e. The number of hydrogen-bond acceptors (Lipinski definition) is 4. The highest BCUT2D eigenvalue weighted by Crippen LogP contribution is 2.38. The molecule has 0 radical (unpaired) electrons. The van der Waals surface area contributed by atoms with Crippen LogP contribution >= 0.6 is 0 Å². The highest BCUT2D eigenvalue weighted by molar-refractivity contribution is 7.92. The second-order valence-corrected chi connectivity index (χ2v) is 9.19. The summed E-state index contributed by atoms with van der Waals surface area (Å²) in [6.45, 7) is 0. The van der Waals surface area contributed by atoms with Gasteiger partial charge >= 0.3 is 0 Å². The summed E-state index contributed by atoms with van der Waals surface area (Å²) >= 11 is 0. The fraction of sp³-hybridized carbons (Fsp3) is 0.381. The Bertz CT molecular complexity index is 1010. The number of halogens is 1. The zero-order valence-corrected chi connectivity index (χ0v) is 16.9. The molecule has 2 saturated heterocycles. The Kier molecular flexibility index (Phi) is 5.31. The number of nitrogens with zero attached hydrogens (tertiary/aromatic N) is 1. The summed E-state index contributed by atoms with van der Waals surface area (Å²) in [6, 6.07) is 11.8. The number of anilines is 1. The van der Waals surface area contributed by atoms with Gasteiger partial charge < -0.3 is 9.64 Å². The minimum absolute atomic E-state index is 0.112. The predicted molar refractivity (Wildman–Crippen MR) is 107 cm³/mol. The molecule has 2 atom stereocenters. The first-order chi connectivity index (χ1) is 13.9. The minimum Gasteiger partial charge on any atom is -0.381 e. The van der Waals surface area contributed by atoms with Crippen LogP contribution in [0.25, 0.3) is 0 Å². The largest absolute Gasteiger partial charge is 0.381 e. The van der Waals surface area contributed by atoms with Gasteiger partial charge in [-0.05, 0) is 56.0 Å². The molecular weight excluding hydrogens is 395 g/mol. The van der Waals surface area contributed by atoms with E-state index in [0.29, 0.717) is 5.56 Å². The molecule has 154 valence electrons. The Hall–Kier alpha value is -2.45. The lowest BCUT2D eigenvalue weighted by molar-refractivity contribution is 0.00822. The van der Waals surface area contributed by atoms with Crippen molar-refractivity contribution in [3.8, 4) is 0 Å². The molecule has 1 N–H and O–H groups in total. The third-order valence-electron chi connectivity index (χ3n) is 5.75. The molecule has 6 nitrogen and oxygen atoms in total. The van der Waals surface area contributed by atoms with E-state index in [1.165, 1.54) is 24.3 Å². The minimum atomic E-state index is -4.10. The molecule has 2 unspecified atom stereocenters. The zero-order valence-electron chi connectivity index (χ0n) is 16.0. The van der Waals surface area contributed by atoms with Crippen molar-refractivity contribution in [1.82, 2.24) is 4.90 Å². The van der Waals surface area contributed by atoms with Crippen LogP contribution in [0.1, 0.15) is 36.0 Å². The van der Waals surface area contributed by atoms with E-state index in [9.17, 15) is 17.6 Å². The smallest absolute Gasteiger partial charge is 0.264 e. The number of fused-ring (bicyclic) bond motifs is 2. The van der Waals surface area contributed by atoms with Crippen LogP contribution in [0.2, 0.25) is 0 Å². The van der Waals surface area contributed by atoms with Crippen molar-refractivity contribution in [2.75, 3.05) is 11.8 Å². The standard InChI is InChI=1S/C21H23FN2O4S/c1-28-18-12-16-9-10-17(13-18)24(16)21(25)14-5-4-6-15(11-14)23-29(26,27)20-8-3-2-7-19(20)22/h2-8,11,16-18,23H,9-10,12-13H2,1H3. The number of rotatable bonds is 5. The van der Waals surface area contributed by atoms with E-state index in [-0.39, 0.29) is 29.8 Å². The number of piperidine rings is 1. The molecule has 29 heavy (non-hydrogen) atoms. The number of sulfonamides is 1. The molecule has 2 bridgehead atoms. The van der Waals surface area contributed by atoms with Crippen molar-refractivity contribution < 1.29 is 22.3 Å². The van der Waals surface area contributed by atoms with Crippen molar-refractivity contribution in [2.45, 2.75) is 48.8 Å². The van der Waals surface area contributed by atoms with Crippen molar-refractivity contribution >= 4 is 21.6 Å². The fourth-order valence-electron chi connectivity index (χ4n) is 4.39. The van der Waals surface area contributed by atoms with Crippen LogP contribution in [0.4, 0.5) is 10.1 Å². The van der Waals surface area contributed by atoms with Gasteiger partial charge in [-0.3, -0.25) is 9.52 Å². The summed E-state index contributed by atoms with van der Waals surface area (Å²) in [5.41, 5.74) is 0.629. The van der Waals surface area contributed by atoms with Gasteiger partial charge in [-0.1, -0.05) is 18.2 Å². The molecule has 0 spiro atoms. The van der Waals surface area contributed by atoms with E-state index in [4.69, 9.17) is 4.74 Å². The number of benzene rings is 2. The van der Waals surface area contributed by atoms with E-state index in [1.54, 1.807) is 25.3 Å². The summed E-state index contributed by atoms with van der Waals surface area (Å²) in [5.74, 6) is -0.941. The van der Waals surface area contributed by atoms with E-state index >= 15 is 0 Å². The maximum absolute atomic E-state index is 13.9. The van der Waals surface area contributed by atoms with Crippen LogP contribution in [0.15, 0.2) is 53.4 Å². The van der Waals surface area contributed by atoms with Gasteiger partial charge in [0.25, 0.3) is 15.9 Å². The van der Waals surface area contributed by atoms with E-state index in [2.05, 4.69) is 4.72 Å². The highest BCUT2D eigenvalue weighted by atomic mass is 32.2. The third-order valence-corrected chi connectivity index (χ3v) is 7.16. The molecule has 4 rings (SSSR count). The molecule has 0 aliphatic carbocycles. The summed E-state index contributed by atoms with van der Waals surface area (Å²) in [7, 11) is -2.40. The van der Waals surface area contributed by atoms with Gasteiger partial charge in [-0.15, -0.1) is 0 Å². The van der Waals surface area contributed by atoms with Gasteiger partial charge in [0.2, 0.25) is 0 Å². The molecule has 2 aliphatic heterocycles. The molecule has 2 heterocycles. The van der Waals surface area contributed by atoms with Crippen LogP contribution in [0.5, 0.6) is 0 Å². The number of ether oxygens (including phenoxy) is 1. The summed E-state index contributed by atoms with van der Waals surface area (Å²) < 4.78 is 46.8. The van der Waals surface area contributed by atoms with Crippen LogP contribution in [-0.4, -0.2) is 44.5 Å².